The standard InChI is InChI=1S/C19H18N4O3/c1-13-6-3-4-7-16(13)22-18(24)14(2)26-19(25)15-8-9-17(20-12-15)23-11-5-10-21-23/h3-12,14H,1-2H3,(H,22,24). The lowest BCUT2D eigenvalue weighted by molar-refractivity contribution is -0.123. The van der Waals surface area contributed by atoms with Gasteiger partial charge in [-0.25, -0.2) is 14.5 Å². The number of carbonyl (C=O) groups is 2. The molecule has 2 heterocycles. The molecule has 2 aromatic heterocycles. The van der Waals surface area contributed by atoms with Crippen LogP contribution in [0.25, 0.3) is 5.82 Å². The minimum Gasteiger partial charge on any atom is -0.449 e. The van der Waals surface area contributed by atoms with Crippen LogP contribution in [0.1, 0.15) is 22.8 Å². The first-order valence-electron chi connectivity index (χ1n) is 8.08. The summed E-state index contributed by atoms with van der Waals surface area (Å²) >= 11 is 0. The maximum Gasteiger partial charge on any atom is 0.340 e. The number of aryl methyl sites for hydroxylation is 1. The number of nitrogens with one attached hydrogen (secondary N) is 1. The van der Waals surface area contributed by atoms with Crippen LogP contribution in [-0.4, -0.2) is 32.7 Å². The Kier molecular flexibility index (Phi) is 5.07. The van der Waals surface area contributed by atoms with Crippen LogP contribution in [0.2, 0.25) is 0 Å². The number of ether oxygens (including phenoxy) is 1. The van der Waals surface area contributed by atoms with Crippen LogP contribution in [0, 0.1) is 6.92 Å². The molecule has 0 bridgehead atoms. The van der Waals surface area contributed by atoms with Gasteiger partial charge in [0, 0.05) is 24.3 Å². The Labute approximate surface area is 150 Å². The van der Waals surface area contributed by atoms with Gasteiger partial charge in [0.25, 0.3) is 5.91 Å². The molecule has 1 atom stereocenters. The number of benzene rings is 1. The van der Waals surface area contributed by atoms with Crippen LogP contribution < -0.4 is 5.32 Å². The Hall–Kier alpha value is -3.48. The molecule has 1 N–H and O–H groups in total. The summed E-state index contributed by atoms with van der Waals surface area (Å²) < 4.78 is 6.80. The van der Waals surface area contributed by atoms with Gasteiger partial charge in [-0.3, -0.25) is 4.79 Å². The van der Waals surface area contributed by atoms with E-state index in [1.54, 1.807) is 41.3 Å². The van der Waals surface area contributed by atoms with Gasteiger partial charge in [-0.15, -0.1) is 0 Å². The van der Waals surface area contributed by atoms with Crippen molar-refractivity contribution in [2.45, 2.75) is 20.0 Å². The lowest BCUT2D eigenvalue weighted by Gasteiger charge is -2.14. The van der Waals surface area contributed by atoms with Gasteiger partial charge >= 0.3 is 5.97 Å². The monoisotopic (exact) mass is 350 g/mol. The van der Waals surface area contributed by atoms with Crippen molar-refractivity contribution in [3.63, 3.8) is 0 Å². The summed E-state index contributed by atoms with van der Waals surface area (Å²) in [6.07, 6.45) is 3.84. The van der Waals surface area contributed by atoms with E-state index < -0.39 is 18.0 Å². The molecular weight excluding hydrogens is 332 g/mol. The molecule has 0 spiro atoms. The van der Waals surface area contributed by atoms with Gasteiger partial charge in [-0.2, -0.15) is 5.10 Å². The van der Waals surface area contributed by atoms with Gasteiger partial charge in [-0.05, 0) is 43.7 Å². The van der Waals surface area contributed by atoms with E-state index in [0.717, 1.165) is 5.56 Å². The van der Waals surface area contributed by atoms with Gasteiger partial charge < -0.3 is 10.1 Å². The number of amides is 1. The molecule has 1 amide bonds. The quantitative estimate of drug-likeness (QED) is 0.715. The molecule has 3 rings (SSSR count). The number of hydrogen-bond donors (Lipinski definition) is 1. The molecule has 0 saturated heterocycles. The van der Waals surface area contributed by atoms with Crippen LogP contribution in [0.15, 0.2) is 61.1 Å². The van der Waals surface area contributed by atoms with Crippen molar-refractivity contribution in [1.82, 2.24) is 14.8 Å². The van der Waals surface area contributed by atoms with E-state index in [2.05, 4.69) is 15.4 Å². The van der Waals surface area contributed by atoms with Gasteiger partial charge in [0.1, 0.15) is 0 Å². The van der Waals surface area contributed by atoms with E-state index in [0.29, 0.717) is 11.5 Å². The number of aromatic nitrogens is 3. The normalized spacial score (nSPS) is 11.6. The third-order valence-electron chi connectivity index (χ3n) is 3.78. The summed E-state index contributed by atoms with van der Waals surface area (Å²) in [5, 5.41) is 6.82. The first-order valence-corrected chi connectivity index (χ1v) is 8.08. The zero-order valence-corrected chi connectivity index (χ0v) is 14.4. The lowest BCUT2D eigenvalue weighted by atomic mass is 10.2. The smallest absolute Gasteiger partial charge is 0.340 e. The van der Waals surface area contributed by atoms with Crippen molar-refractivity contribution in [2.24, 2.45) is 0 Å². The third-order valence-corrected chi connectivity index (χ3v) is 3.78. The van der Waals surface area contributed by atoms with Crippen molar-refractivity contribution in [3.8, 4) is 5.82 Å². The summed E-state index contributed by atoms with van der Waals surface area (Å²) in [6, 6.07) is 12.4. The number of hydrogen-bond acceptors (Lipinski definition) is 5. The van der Waals surface area contributed by atoms with Crippen LogP contribution in [0.3, 0.4) is 0 Å². The molecule has 132 valence electrons. The van der Waals surface area contributed by atoms with E-state index in [4.69, 9.17) is 4.74 Å². The van der Waals surface area contributed by atoms with Crippen LogP contribution in [0.4, 0.5) is 5.69 Å². The molecule has 7 heteroatoms. The Morgan fingerprint density at radius 1 is 1.15 bits per heavy atom. The summed E-state index contributed by atoms with van der Waals surface area (Å²) in [7, 11) is 0. The Bertz CT molecular complexity index is 905. The van der Waals surface area contributed by atoms with Gasteiger partial charge in [0.15, 0.2) is 11.9 Å². The van der Waals surface area contributed by atoms with Crippen molar-refractivity contribution in [1.29, 1.82) is 0 Å². The molecule has 0 aliphatic heterocycles. The first kappa shape index (κ1) is 17.3. The maximum absolute atomic E-state index is 12.2. The van der Waals surface area contributed by atoms with E-state index in [1.807, 2.05) is 25.1 Å². The predicted molar refractivity (Wildman–Crippen MR) is 96.0 cm³/mol. The number of nitrogens with zero attached hydrogens (tertiary/aromatic N) is 3. The van der Waals surface area contributed by atoms with Crippen molar-refractivity contribution >= 4 is 17.6 Å². The highest BCUT2D eigenvalue weighted by Gasteiger charge is 2.19. The number of esters is 1. The first-order chi connectivity index (χ1) is 12.5. The van der Waals surface area contributed by atoms with Crippen molar-refractivity contribution in [3.05, 3.63) is 72.2 Å². The van der Waals surface area contributed by atoms with Crippen molar-refractivity contribution in [2.75, 3.05) is 5.32 Å². The average molecular weight is 350 g/mol. The Morgan fingerprint density at radius 2 is 1.96 bits per heavy atom. The second-order valence-corrected chi connectivity index (χ2v) is 5.71. The fourth-order valence-electron chi connectivity index (χ4n) is 2.28. The highest BCUT2D eigenvalue weighted by molar-refractivity contribution is 5.97. The number of carbonyl (C=O) groups excluding carboxylic acids is 2. The van der Waals surface area contributed by atoms with Crippen LogP contribution in [0.5, 0.6) is 0 Å². The molecule has 26 heavy (non-hydrogen) atoms. The topological polar surface area (TPSA) is 86.1 Å². The van der Waals surface area contributed by atoms with E-state index in [1.165, 1.54) is 13.1 Å². The number of rotatable bonds is 5. The highest BCUT2D eigenvalue weighted by atomic mass is 16.5. The van der Waals surface area contributed by atoms with Crippen LogP contribution >= 0.6 is 0 Å². The van der Waals surface area contributed by atoms with E-state index in [-0.39, 0.29) is 5.56 Å². The summed E-state index contributed by atoms with van der Waals surface area (Å²) in [5.74, 6) is -0.428. The van der Waals surface area contributed by atoms with Gasteiger partial charge in [-0.1, -0.05) is 18.2 Å². The Balaban J connectivity index is 1.61. The van der Waals surface area contributed by atoms with Crippen molar-refractivity contribution < 1.29 is 14.3 Å². The number of anilines is 1. The SMILES string of the molecule is Cc1ccccc1NC(=O)C(C)OC(=O)c1ccc(-n2cccn2)nc1. The molecule has 1 unspecified atom stereocenters. The van der Waals surface area contributed by atoms with E-state index >= 15 is 0 Å². The third kappa shape index (κ3) is 3.94. The second-order valence-electron chi connectivity index (χ2n) is 5.71. The predicted octanol–water partition coefficient (Wildman–Crippen LogP) is 2.76. The van der Waals surface area contributed by atoms with Gasteiger partial charge in [0.2, 0.25) is 0 Å². The van der Waals surface area contributed by atoms with Gasteiger partial charge in [0.05, 0.1) is 5.56 Å². The number of pyridine rings is 1. The summed E-state index contributed by atoms with van der Waals surface area (Å²) in [6.45, 7) is 3.41. The molecule has 3 aromatic rings. The lowest BCUT2D eigenvalue weighted by Crippen LogP contribution is -2.30. The molecule has 0 aliphatic carbocycles. The molecular formula is C19H18N4O3. The molecule has 1 aromatic carbocycles. The average Bonchev–Trinajstić information content (AvgIpc) is 3.18. The molecule has 7 nitrogen and oxygen atoms in total. The fraction of sp³-hybridized carbons (Fsp3) is 0.158. The zero-order chi connectivity index (χ0) is 18.5. The molecule has 0 saturated carbocycles. The molecule has 0 aliphatic rings. The second kappa shape index (κ2) is 7.60. The minimum atomic E-state index is -0.937. The Morgan fingerprint density at radius 3 is 2.62 bits per heavy atom. The number of para-hydroxylation sites is 1. The molecule has 0 fully saturated rings. The van der Waals surface area contributed by atoms with Crippen LogP contribution in [-0.2, 0) is 9.53 Å². The maximum atomic E-state index is 12.2. The highest BCUT2D eigenvalue weighted by Crippen LogP contribution is 2.14. The van der Waals surface area contributed by atoms with E-state index in [9.17, 15) is 9.59 Å². The fourth-order valence-corrected chi connectivity index (χ4v) is 2.28. The largest absolute Gasteiger partial charge is 0.449 e. The zero-order valence-electron chi connectivity index (χ0n) is 14.4. The summed E-state index contributed by atoms with van der Waals surface area (Å²) in [5.41, 5.74) is 1.87. The summed E-state index contributed by atoms with van der Waals surface area (Å²) in [4.78, 5) is 28.6. The minimum absolute atomic E-state index is 0.261. The molecule has 0 radical (unpaired) electrons.